The third kappa shape index (κ3) is 2.92. The number of aliphatic hydroxyl groups excluding tert-OH is 2. The average molecular weight is 168 g/mol. The van der Waals surface area contributed by atoms with Gasteiger partial charge in [-0.25, -0.2) is 0 Å². The molecule has 0 aliphatic carbocycles. The largest absolute Gasteiger partial charge is 0.392 e. The Labute approximate surface area is 58.4 Å². The summed E-state index contributed by atoms with van der Waals surface area (Å²) in [6.07, 6.45) is 0.815. The Balaban J connectivity index is 4.54. The van der Waals surface area contributed by atoms with E-state index < -0.39 is 28.2 Å². The van der Waals surface area contributed by atoms with Gasteiger partial charge in [-0.2, -0.15) is 8.42 Å². The Morgan fingerprint density at radius 2 is 1.90 bits per heavy atom. The molecule has 0 aromatic heterocycles. The first-order valence-corrected chi connectivity index (χ1v) is 3.84. The Morgan fingerprint density at radius 3 is 2.00 bits per heavy atom. The van der Waals surface area contributed by atoms with Gasteiger partial charge in [0.1, 0.15) is 0 Å². The van der Waals surface area contributed by atoms with Gasteiger partial charge in [0.25, 0.3) is 10.1 Å². The maximum absolute atomic E-state index is 10.2. The second-order valence-corrected chi connectivity index (χ2v) is 2.96. The lowest BCUT2D eigenvalue weighted by molar-refractivity contribution is 0.322. The zero-order chi connectivity index (χ0) is 8.20. The molecule has 0 aromatic rings. The van der Waals surface area contributed by atoms with E-state index in [-0.39, 0.29) is 0 Å². The van der Waals surface area contributed by atoms with Crippen molar-refractivity contribution in [2.45, 2.75) is 0 Å². The molecule has 0 spiro atoms. The maximum atomic E-state index is 10.2. The molecule has 0 fully saturated rings. The van der Waals surface area contributed by atoms with Crippen molar-refractivity contribution in [3.8, 4) is 0 Å². The predicted octanol–water partition coefficient (Wildman–Crippen LogP) is -1.26. The summed E-state index contributed by atoms with van der Waals surface area (Å²) < 4.78 is 28.6. The summed E-state index contributed by atoms with van der Waals surface area (Å²) in [5.41, 5.74) is 0. The first-order chi connectivity index (χ1) is 4.52. The summed E-state index contributed by atoms with van der Waals surface area (Å²) in [6, 6.07) is 0. The van der Waals surface area contributed by atoms with Crippen LogP contribution in [0.4, 0.5) is 0 Å². The van der Waals surface area contributed by atoms with Crippen LogP contribution in [0.5, 0.6) is 0 Å². The smallest absolute Gasteiger partial charge is 0.292 e. The van der Waals surface area contributed by atoms with Gasteiger partial charge in [-0.1, -0.05) is 0 Å². The molecule has 0 aliphatic rings. The Hall–Kier alpha value is -0.430. The summed E-state index contributed by atoms with van der Waals surface area (Å²) in [5.74, 6) is 0. The minimum absolute atomic E-state index is 0.532. The lowest BCUT2D eigenvalue weighted by atomic mass is 10.5. The van der Waals surface area contributed by atoms with Gasteiger partial charge in [-0.3, -0.25) is 4.55 Å². The zero-order valence-electron chi connectivity index (χ0n) is 5.06. The van der Waals surface area contributed by atoms with Gasteiger partial charge in [0.15, 0.2) is 0 Å². The van der Waals surface area contributed by atoms with E-state index in [4.69, 9.17) is 14.8 Å². The number of hydrogen-bond acceptors (Lipinski definition) is 4. The van der Waals surface area contributed by atoms with Crippen LogP contribution in [-0.2, 0) is 10.1 Å². The molecule has 0 saturated carbocycles. The van der Waals surface area contributed by atoms with Crippen LogP contribution in [0.25, 0.3) is 0 Å². The highest BCUT2D eigenvalue weighted by atomic mass is 32.2. The molecule has 0 saturated heterocycles. The highest BCUT2D eigenvalue weighted by Gasteiger charge is 2.10. The van der Waals surface area contributed by atoms with Crippen molar-refractivity contribution in [3.63, 3.8) is 0 Å². The van der Waals surface area contributed by atoms with E-state index in [1.165, 1.54) is 0 Å². The van der Waals surface area contributed by atoms with Crippen molar-refractivity contribution in [2.24, 2.45) is 0 Å². The van der Waals surface area contributed by atoms with Crippen molar-refractivity contribution < 1.29 is 23.2 Å². The first kappa shape index (κ1) is 9.57. The number of rotatable bonds is 3. The summed E-state index contributed by atoms with van der Waals surface area (Å²) in [6.45, 7) is -1.34. The second-order valence-electron chi connectivity index (χ2n) is 1.49. The summed E-state index contributed by atoms with van der Waals surface area (Å²) in [7, 11) is -4.33. The molecule has 0 radical (unpaired) electrons. The molecule has 0 aliphatic heterocycles. The Morgan fingerprint density at radius 1 is 1.40 bits per heavy atom. The molecule has 5 nitrogen and oxygen atoms in total. The molecule has 6 heteroatoms. The molecule has 0 bridgehead atoms. The minimum Gasteiger partial charge on any atom is -0.392 e. The molecule has 0 atom stereocenters. The monoisotopic (exact) mass is 168 g/mol. The van der Waals surface area contributed by atoms with Crippen LogP contribution in [0, 0.1) is 0 Å². The fourth-order valence-electron chi connectivity index (χ4n) is 0.353. The molecular formula is C4H8O5S. The first-order valence-electron chi connectivity index (χ1n) is 2.40. The Kier molecular flexibility index (Phi) is 3.51. The highest BCUT2D eigenvalue weighted by molar-refractivity contribution is 7.89. The fourth-order valence-corrected chi connectivity index (χ4v) is 0.802. The lowest BCUT2D eigenvalue weighted by Crippen LogP contribution is -2.06. The summed E-state index contributed by atoms with van der Waals surface area (Å²) in [5, 5.41) is 16.4. The van der Waals surface area contributed by atoms with E-state index in [1.807, 2.05) is 0 Å². The van der Waals surface area contributed by atoms with Crippen molar-refractivity contribution in [1.29, 1.82) is 0 Å². The van der Waals surface area contributed by atoms with Crippen LogP contribution in [0.15, 0.2) is 11.0 Å². The lowest BCUT2D eigenvalue weighted by Gasteiger charge is -1.96. The SMILES string of the molecule is O=S(=O)(O)C(=CCO)CO. The van der Waals surface area contributed by atoms with Gasteiger partial charge < -0.3 is 10.2 Å². The van der Waals surface area contributed by atoms with Gasteiger partial charge in [0.05, 0.1) is 18.1 Å². The van der Waals surface area contributed by atoms with Gasteiger partial charge in [-0.05, 0) is 6.08 Å². The third-order valence-electron chi connectivity index (χ3n) is 0.806. The maximum Gasteiger partial charge on any atom is 0.292 e. The van der Waals surface area contributed by atoms with Crippen molar-refractivity contribution in [2.75, 3.05) is 13.2 Å². The molecule has 0 heterocycles. The van der Waals surface area contributed by atoms with Gasteiger partial charge in [0, 0.05) is 0 Å². The Bertz CT molecular complexity index is 214. The van der Waals surface area contributed by atoms with E-state index in [0.29, 0.717) is 0 Å². The van der Waals surface area contributed by atoms with Crippen LogP contribution >= 0.6 is 0 Å². The minimum atomic E-state index is -4.33. The molecule has 0 rings (SSSR count). The summed E-state index contributed by atoms with van der Waals surface area (Å²) >= 11 is 0. The van der Waals surface area contributed by atoms with E-state index in [1.54, 1.807) is 0 Å². The molecule has 0 unspecified atom stereocenters. The van der Waals surface area contributed by atoms with Gasteiger partial charge >= 0.3 is 0 Å². The quantitative estimate of drug-likeness (QED) is 0.457. The topological polar surface area (TPSA) is 94.8 Å². The van der Waals surface area contributed by atoms with Crippen LogP contribution < -0.4 is 0 Å². The van der Waals surface area contributed by atoms with Crippen LogP contribution in [0.3, 0.4) is 0 Å². The van der Waals surface area contributed by atoms with E-state index in [2.05, 4.69) is 0 Å². The van der Waals surface area contributed by atoms with Gasteiger partial charge in [0.2, 0.25) is 0 Å². The third-order valence-corrected chi connectivity index (χ3v) is 1.76. The zero-order valence-corrected chi connectivity index (χ0v) is 5.87. The average Bonchev–Trinajstić information content (AvgIpc) is 1.80. The van der Waals surface area contributed by atoms with E-state index in [9.17, 15) is 8.42 Å². The second kappa shape index (κ2) is 3.67. The fraction of sp³-hybridized carbons (Fsp3) is 0.500. The van der Waals surface area contributed by atoms with Crippen LogP contribution in [0.2, 0.25) is 0 Å². The molecular weight excluding hydrogens is 160 g/mol. The molecule has 0 amide bonds. The van der Waals surface area contributed by atoms with Crippen LogP contribution in [-0.4, -0.2) is 36.4 Å². The van der Waals surface area contributed by atoms with Crippen molar-refractivity contribution in [3.05, 3.63) is 11.0 Å². The molecule has 0 aromatic carbocycles. The van der Waals surface area contributed by atoms with Gasteiger partial charge in [-0.15, -0.1) is 0 Å². The summed E-state index contributed by atoms with van der Waals surface area (Å²) in [4.78, 5) is -0.588. The van der Waals surface area contributed by atoms with Crippen LogP contribution in [0.1, 0.15) is 0 Å². The van der Waals surface area contributed by atoms with Crippen molar-refractivity contribution in [1.82, 2.24) is 0 Å². The number of hydrogen-bond donors (Lipinski definition) is 3. The number of aliphatic hydroxyl groups is 2. The normalized spacial score (nSPS) is 13.7. The molecule has 3 N–H and O–H groups in total. The predicted molar refractivity (Wildman–Crippen MR) is 33.8 cm³/mol. The van der Waals surface area contributed by atoms with E-state index in [0.717, 1.165) is 6.08 Å². The molecule has 60 valence electrons. The standard InChI is InChI=1S/C4H8O5S/c5-2-1-4(3-6)10(7,8)9/h1,5-6H,2-3H2,(H,7,8,9). The highest BCUT2D eigenvalue weighted by Crippen LogP contribution is 2.00. The molecule has 10 heavy (non-hydrogen) atoms. The van der Waals surface area contributed by atoms with Crippen molar-refractivity contribution >= 4 is 10.1 Å². The van der Waals surface area contributed by atoms with E-state index >= 15 is 0 Å².